The molecule has 3 aromatic heterocycles. The van der Waals surface area contributed by atoms with Crippen LogP contribution in [-0.4, -0.2) is 24.6 Å². The minimum atomic E-state index is 0.0795. The van der Waals surface area contributed by atoms with Crippen LogP contribution < -0.4 is 5.32 Å². The van der Waals surface area contributed by atoms with Gasteiger partial charge in [-0.1, -0.05) is 6.92 Å². The number of nitrogens with one attached hydrogen (secondary N) is 2. The molecular weight excluding hydrogens is 308 g/mol. The van der Waals surface area contributed by atoms with Crippen molar-refractivity contribution in [2.75, 3.05) is 5.32 Å². The van der Waals surface area contributed by atoms with Gasteiger partial charge in [-0.05, 0) is 34.5 Å². The Balaban J connectivity index is 1.88. The second-order valence-electron chi connectivity index (χ2n) is 4.17. The lowest BCUT2D eigenvalue weighted by atomic mass is 10.2. The van der Waals surface area contributed by atoms with E-state index in [4.69, 9.17) is 0 Å². The van der Waals surface area contributed by atoms with E-state index in [0.29, 0.717) is 5.95 Å². The standard InChI is InChI=1S/C12H13BrN6/c1-2-9(11-14-5-6-15-11)16-12-17-10-4-3-8(13)7-19(10)18-12/h3-7,9H,2H2,1H3,(H,14,15)(H,16,18). The van der Waals surface area contributed by atoms with Gasteiger partial charge in [0.1, 0.15) is 5.82 Å². The van der Waals surface area contributed by atoms with Crippen LogP contribution in [0.3, 0.4) is 0 Å². The van der Waals surface area contributed by atoms with Crippen LogP contribution in [0.5, 0.6) is 0 Å². The van der Waals surface area contributed by atoms with E-state index in [1.165, 1.54) is 0 Å². The zero-order valence-electron chi connectivity index (χ0n) is 10.3. The number of H-pyrrole nitrogens is 1. The van der Waals surface area contributed by atoms with Crippen LogP contribution >= 0.6 is 15.9 Å². The highest BCUT2D eigenvalue weighted by molar-refractivity contribution is 9.10. The van der Waals surface area contributed by atoms with Crippen LogP contribution in [0.15, 0.2) is 35.2 Å². The summed E-state index contributed by atoms with van der Waals surface area (Å²) in [7, 11) is 0. The van der Waals surface area contributed by atoms with Crippen molar-refractivity contribution in [1.29, 1.82) is 0 Å². The zero-order valence-corrected chi connectivity index (χ0v) is 11.9. The number of aromatic amines is 1. The average Bonchev–Trinajstić information content (AvgIpc) is 3.04. The van der Waals surface area contributed by atoms with Gasteiger partial charge in [-0.2, -0.15) is 4.98 Å². The number of imidazole rings is 1. The Labute approximate surface area is 118 Å². The fourth-order valence-electron chi connectivity index (χ4n) is 1.91. The topological polar surface area (TPSA) is 70.9 Å². The summed E-state index contributed by atoms with van der Waals surface area (Å²) in [5.74, 6) is 1.49. The first kappa shape index (κ1) is 12.2. The van der Waals surface area contributed by atoms with Crippen molar-refractivity contribution >= 4 is 27.5 Å². The third-order valence-corrected chi connectivity index (χ3v) is 3.32. The maximum absolute atomic E-state index is 4.43. The highest BCUT2D eigenvalue weighted by atomic mass is 79.9. The quantitative estimate of drug-likeness (QED) is 0.775. The van der Waals surface area contributed by atoms with Gasteiger partial charge >= 0.3 is 0 Å². The Hall–Kier alpha value is -1.89. The molecule has 0 radical (unpaired) electrons. The molecule has 3 aromatic rings. The molecule has 0 fully saturated rings. The Kier molecular flexibility index (Phi) is 3.20. The first-order valence-corrected chi connectivity index (χ1v) is 6.83. The SMILES string of the molecule is CCC(Nc1nc2ccc(Br)cn2n1)c1ncc[nH]1. The molecule has 0 aliphatic carbocycles. The van der Waals surface area contributed by atoms with Crippen molar-refractivity contribution in [3.8, 4) is 0 Å². The fourth-order valence-corrected chi connectivity index (χ4v) is 2.23. The molecule has 2 N–H and O–H groups in total. The number of pyridine rings is 1. The van der Waals surface area contributed by atoms with Crippen molar-refractivity contribution in [2.45, 2.75) is 19.4 Å². The average molecular weight is 321 g/mol. The fraction of sp³-hybridized carbons (Fsp3) is 0.250. The lowest BCUT2D eigenvalue weighted by molar-refractivity contribution is 0.695. The number of anilines is 1. The van der Waals surface area contributed by atoms with Crippen LogP contribution in [0.2, 0.25) is 0 Å². The van der Waals surface area contributed by atoms with Crippen molar-refractivity contribution < 1.29 is 0 Å². The number of nitrogens with zero attached hydrogens (tertiary/aromatic N) is 4. The summed E-state index contributed by atoms with van der Waals surface area (Å²) in [6.07, 6.45) is 6.33. The van der Waals surface area contributed by atoms with Gasteiger partial charge < -0.3 is 10.3 Å². The summed E-state index contributed by atoms with van der Waals surface area (Å²) in [5.41, 5.74) is 0.806. The zero-order chi connectivity index (χ0) is 13.2. The van der Waals surface area contributed by atoms with Crippen LogP contribution in [0, 0.1) is 0 Å². The molecular formula is C12H13BrN6. The van der Waals surface area contributed by atoms with Gasteiger partial charge in [0.2, 0.25) is 5.95 Å². The van der Waals surface area contributed by atoms with Gasteiger partial charge in [0.15, 0.2) is 5.65 Å². The van der Waals surface area contributed by atoms with E-state index in [9.17, 15) is 0 Å². The molecule has 7 heteroatoms. The Bertz CT molecular complexity index is 675. The summed E-state index contributed by atoms with van der Waals surface area (Å²) < 4.78 is 2.70. The molecule has 1 unspecified atom stereocenters. The van der Waals surface area contributed by atoms with Gasteiger partial charge in [0.05, 0.1) is 6.04 Å². The van der Waals surface area contributed by atoms with Crippen molar-refractivity contribution in [3.63, 3.8) is 0 Å². The van der Waals surface area contributed by atoms with E-state index in [1.54, 1.807) is 10.7 Å². The van der Waals surface area contributed by atoms with Crippen LogP contribution in [-0.2, 0) is 0 Å². The molecule has 0 aliphatic rings. The summed E-state index contributed by atoms with van der Waals surface area (Å²) >= 11 is 3.41. The Morgan fingerprint density at radius 1 is 1.47 bits per heavy atom. The molecule has 0 aromatic carbocycles. The molecule has 0 saturated heterocycles. The second-order valence-corrected chi connectivity index (χ2v) is 5.08. The molecule has 98 valence electrons. The maximum atomic E-state index is 4.43. The third-order valence-electron chi connectivity index (χ3n) is 2.86. The van der Waals surface area contributed by atoms with Crippen molar-refractivity contribution in [2.24, 2.45) is 0 Å². The largest absolute Gasteiger partial charge is 0.347 e. The van der Waals surface area contributed by atoms with Crippen molar-refractivity contribution in [3.05, 3.63) is 41.0 Å². The molecule has 0 amide bonds. The molecule has 0 saturated carbocycles. The van der Waals surface area contributed by atoms with Crippen LogP contribution in [0.1, 0.15) is 25.2 Å². The molecule has 19 heavy (non-hydrogen) atoms. The van der Waals surface area contributed by atoms with E-state index in [1.807, 2.05) is 24.5 Å². The van der Waals surface area contributed by atoms with E-state index in [0.717, 1.165) is 22.4 Å². The molecule has 0 bridgehead atoms. The predicted molar refractivity (Wildman–Crippen MR) is 75.9 cm³/mol. The summed E-state index contributed by atoms with van der Waals surface area (Å²) in [5, 5.41) is 7.68. The summed E-state index contributed by atoms with van der Waals surface area (Å²) in [4.78, 5) is 11.8. The second kappa shape index (κ2) is 5.00. The van der Waals surface area contributed by atoms with E-state index in [2.05, 4.69) is 48.2 Å². The normalized spacial score (nSPS) is 12.7. The van der Waals surface area contributed by atoms with E-state index in [-0.39, 0.29) is 6.04 Å². The monoisotopic (exact) mass is 320 g/mol. The first-order chi connectivity index (χ1) is 9.26. The number of aromatic nitrogens is 5. The van der Waals surface area contributed by atoms with Gasteiger partial charge in [-0.15, -0.1) is 5.10 Å². The van der Waals surface area contributed by atoms with Crippen LogP contribution in [0.4, 0.5) is 5.95 Å². The predicted octanol–water partition coefficient (Wildman–Crippen LogP) is 2.78. The third kappa shape index (κ3) is 2.46. The van der Waals surface area contributed by atoms with Gasteiger partial charge in [0, 0.05) is 23.1 Å². The first-order valence-electron chi connectivity index (χ1n) is 6.04. The number of hydrogen-bond acceptors (Lipinski definition) is 4. The smallest absolute Gasteiger partial charge is 0.243 e. The number of rotatable bonds is 4. The van der Waals surface area contributed by atoms with Gasteiger partial charge in [0.25, 0.3) is 0 Å². The molecule has 3 heterocycles. The Morgan fingerprint density at radius 3 is 3.11 bits per heavy atom. The van der Waals surface area contributed by atoms with Crippen LogP contribution in [0.25, 0.3) is 5.65 Å². The highest BCUT2D eigenvalue weighted by Gasteiger charge is 2.14. The molecule has 0 spiro atoms. The maximum Gasteiger partial charge on any atom is 0.243 e. The minimum absolute atomic E-state index is 0.0795. The van der Waals surface area contributed by atoms with E-state index < -0.39 is 0 Å². The highest BCUT2D eigenvalue weighted by Crippen LogP contribution is 2.18. The van der Waals surface area contributed by atoms with Gasteiger partial charge in [-0.3, -0.25) is 0 Å². The van der Waals surface area contributed by atoms with Gasteiger partial charge in [-0.25, -0.2) is 9.50 Å². The summed E-state index contributed by atoms with van der Waals surface area (Å²) in [6.45, 7) is 2.09. The number of halogens is 1. The Morgan fingerprint density at radius 2 is 2.37 bits per heavy atom. The molecule has 3 rings (SSSR count). The van der Waals surface area contributed by atoms with E-state index >= 15 is 0 Å². The number of fused-ring (bicyclic) bond motifs is 1. The summed E-state index contributed by atoms with van der Waals surface area (Å²) in [6, 6.07) is 3.93. The lowest BCUT2D eigenvalue weighted by Gasteiger charge is -2.12. The van der Waals surface area contributed by atoms with Crippen molar-refractivity contribution in [1.82, 2.24) is 24.6 Å². The molecule has 6 nitrogen and oxygen atoms in total. The molecule has 0 aliphatic heterocycles. The number of hydrogen-bond donors (Lipinski definition) is 2. The lowest BCUT2D eigenvalue weighted by Crippen LogP contribution is -2.12. The minimum Gasteiger partial charge on any atom is -0.347 e. The molecule has 1 atom stereocenters.